The lowest BCUT2D eigenvalue weighted by molar-refractivity contribution is -0.157. The molecule has 37 heavy (non-hydrogen) atoms. The van der Waals surface area contributed by atoms with Crippen molar-refractivity contribution < 1.29 is 28.2 Å². The molecule has 1 atom stereocenters. The van der Waals surface area contributed by atoms with Gasteiger partial charge in [-0.3, -0.25) is 0 Å². The highest BCUT2D eigenvalue weighted by atomic mass is 19.1. The summed E-state index contributed by atoms with van der Waals surface area (Å²) in [4.78, 5) is 24.5. The number of halogens is 1. The molecule has 2 aromatic rings. The van der Waals surface area contributed by atoms with Gasteiger partial charge in [0.2, 0.25) is 0 Å². The van der Waals surface area contributed by atoms with Gasteiger partial charge in [-0.05, 0) is 86.4 Å². The third-order valence-electron chi connectivity index (χ3n) is 6.94. The molecule has 0 spiro atoms. The maximum atomic E-state index is 13.9. The van der Waals surface area contributed by atoms with E-state index in [0.717, 1.165) is 56.3 Å². The van der Waals surface area contributed by atoms with Gasteiger partial charge >= 0.3 is 11.9 Å². The van der Waals surface area contributed by atoms with Crippen LogP contribution in [0.1, 0.15) is 106 Å². The summed E-state index contributed by atoms with van der Waals surface area (Å²) in [6.07, 6.45) is 7.87. The molecule has 0 heterocycles. The van der Waals surface area contributed by atoms with E-state index < -0.39 is 18.1 Å². The molecule has 6 heteroatoms. The van der Waals surface area contributed by atoms with Crippen LogP contribution in [0, 0.1) is 0 Å². The summed E-state index contributed by atoms with van der Waals surface area (Å²) in [7, 11) is 0. The second-order valence-electron chi connectivity index (χ2n) is 9.91. The van der Waals surface area contributed by atoms with Crippen LogP contribution in [0.3, 0.4) is 0 Å². The molecule has 1 fully saturated rings. The minimum atomic E-state index is -1.51. The van der Waals surface area contributed by atoms with Crippen molar-refractivity contribution in [3.63, 3.8) is 0 Å². The second-order valence-corrected chi connectivity index (χ2v) is 9.91. The number of carbonyl (C=O) groups excluding carboxylic acids is 2. The van der Waals surface area contributed by atoms with Gasteiger partial charge in [0.25, 0.3) is 0 Å². The number of rotatable bonds is 14. The van der Waals surface area contributed by atoms with E-state index in [1.807, 2.05) is 31.2 Å². The minimum absolute atomic E-state index is 0.207. The Morgan fingerprint density at radius 1 is 0.838 bits per heavy atom. The summed E-state index contributed by atoms with van der Waals surface area (Å²) in [5.74, 6) is 0.467. The quantitative estimate of drug-likeness (QED) is 0.146. The normalized spacial score (nSPS) is 18.1. The molecule has 5 nitrogen and oxygen atoms in total. The summed E-state index contributed by atoms with van der Waals surface area (Å²) in [5, 5.41) is 0. The number of esters is 2. The maximum Gasteiger partial charge on any atom is 0.343 e. The van der Waals surface area contributed by atoms with Gasteiger partial charge in [0, 0.05) is 0 Å². The molecule has 1 saturated carbocycles. The molecule has 0 radical (unpaired) electrons. The van der Waals surface area contributed by atoms with Crippen molar-refractivity contribution in [2.45, 2.75) is 103 Å². The first-order valence-corrected chi connectivity index (χ1v) is 13.9. The van der Waals surface area contributed by atoms with Crippen molar-refractivity contribution in [3.8, 4) is 11.5 Å². The molecular formula is C31H41FO5. The van der Waals surface area contributed by atoms with E-state index in [-0.39, 0.29) is 12.5 Å². The van der Waals surface area contributed by atoms with Crippen LogP contribution >= 0.6 is 0 Å². The van der Waals surface area contributed by atoms with Crippen LogP contribution in [-0.2, 0) is 9.53 Å². The van der Waals surface area contributed by atoms with Gasteiger partial charge in [0.05, 0.1) is 12.2 Å². The molecule has 1 aliphatic rings. The van der Waals surface area contributed by atoms with Crippen molar-refractivity contribution >= 4 is 11.9 Å². The van der Waals surface area contributed by atoms with Crippen LogP contribution in [0.5, 0.6) is 11.5 Å². The third-order valence-corrected chi connectivity index (χ3v) is 6.94. The number of hydrogen-bond acceptors (Lipinski definition) is 5. The van der Waals surface area contributed by atoms with Gasteiger partial charge < -0.3 is 14.2 Å². The Hall–Kier alpha value is -2.89. The highest BCUT2D eigenvalue weighted by molar-refractivity contribution is 5.91. The SMILES string of the molecule is CCCCCCOc1ccc(C(=O)Oc2ccc([C@H]3CC[C@H](OC(=O)[C@@H](F)CCCC)CC3)cc2)cc1. The van der Waals surface area contributed by atoms with Gasteiger partial charge in [0.1, 0.15) is 17.6 Å². The number of unbranched alkanes of at least 4 members (excludes halogenated alkanes) is 4. The predicted octanol–water partition coefficient (Wildman–Crippen LogP) is 7.96. The molecule has 202 valence electrons. The van der Waals surface area contributed by atoms with Crippen LogP contribution in [0.15, 0.2) is 48.5 Å². The summed E-state index contributed by atoms with van der Waals surface area (Å²) in [6.45, 7) is 4.83. The smallest absolute Gasteiger partial charge is 0.343 e. The van der Waals surface area contributed by atoms with Crippen LogP contribution in [0.2, 0.25) is 0 Å². The molecule has 0 N–H and O–H groups in total. The topological polar surface area (TPSA) is 61.8 Å². The lowest BCUT2D eigenvalue weighted by Crippen LogP contribution is -2.28. The zero-order valence-corrected chi connectivity index (χ0v) is 22.3. The van der Waals surface area contributed by atoms with E-state index in [4.69, 9.17) is 14.2 Å². The highest BCUT2D eigenvalue weighted by Crippen LogP contribution is 2.35. The van der Waals surface area contributed by atoms with E-state index in [1.54, 1.807) is 24.3 Å². The Labute approximate surface area is 220 Å². The number of alkyl halides is 1. The fraction of sp³-hybridized carbons (Fsp3) is 0.548. The molecule has 2 aromatic carbocycles. The number of benzene rings is 2. The summed E-state index contributed by atoms with van der Waals surface area (Å²) in [6, 6.07) is 14.6. The Balaban J connectivity index is 1.42. The molecular weight excluding hydrogens is 471 g/mol. The number of carbonyl (C=O) groups is 2. The molecule has 0 unspecified atom stereocenters. The van der Waals surface area contributed by atoms with Gasteiger partial charge in [0.15, 0.2) is 6.17 Å². The summed E-state index contributed by atoms with van der Waals surface area (Å²) >= 11 is 0. The summed E-state index contributed by atoms with van der Waals surface area (Å²) in [5.41, 5.74) is 1.64. The van der Waals surface area contributed by atoms with E-state index >= 15 is 0 Å². The first-order chi connectivity index (χ1) is 18.0. The predicted molar refractivity (Wildman–Crippen MR) is 143 cm³/mol. The first-order valence-electron chi connectivity index (χ1n) is 13.9. The van der Waals surface area contributed by atoms with E-state index in [2.05, 4.69) is 6.92 Å². The molecule has 0 aliphatic heterocycles. The lowest BCUT2D eigenvalue weighted by atomic mass is 9.83. The van der Waals surface area contributed by atoms with Crippen LogP contribution < -0.4 is 9.47 Å². The fourth-order valence-electron chi connectivity index (χ4n) is 4.63. The Bertz CT molecular complexity index is 949. The summed E-state index contributed by atoms with van der Waals surface area (Å²) < 4.78 is 30.6. The average molecular weight is 513 g/mol. The van der Waals surface area contributed by atoms with E-state index in [0.29, 0.717) is 30.3 Å². The van der Waals surface area contributed by atoms with Crippen molar-refractivity contribution in [3.05, 3.63) is 59.7 Å². The number of hydrogen-bond donors (Lipinski definition) is 0. The van der Waals surface area contributed by atoms with E-state index in [1.165, 1.54) is 12.8 Å². The van der Waals surface area contributed by atoms with Gasteiger partial charge in [-0.25, -0.2) is 14.0 Å². The standard InChI is InChI=1S/C31H41FO5/c1-3-5-7-8-22-35-26-16-14-25(15-17-26)30(33)36-27-18-10-23(11-19-27)24-12-20-28(21-13-24)37-31(34)29(32)9-6-4-2/h10-11,14-19,24,28-29H,3-9,12-13,20-22H2,1-2H3/t24-,28-,29-/m0/s1. The maximum absolute atomic E-state index is 13.9. The largest absolute Gasteiger partial charge is 0.494 e. The Morgan fingerprint density at radius 2 is 1.49 bits per heavy atom. The Morgan fingerprint density at radius 3 is 2.14 bits per heavy atom. The molecule has 0 aromatic heterocycles. The van der Waals surface area contributed by atoms with Gasteiger partial charge in [-0.1, -0.05) is 58.1 Å². The number of ether oxygens (including phenoxy) is 3. The molecule has 3 rings (SSSR count). The zero-order valence-electron chi connectivity index (χ0n) is 22.3. The molecule has 0 bridgehead atoms. The fourth-order valence-corrected chi connectivity index (χ4v) is 4.63. The van der Waals surface area contributed by atoms with Crippen molar-refractivity contribution in [2.75, 3.05) is 6.61 Å². The van der Waals surface area contributed by atoms with Crippen molar-refractivity contribution in [2.24, 2.45) is 0 Å². The molecule has 0 saturated heterocycles. The second kappa shape index (κ2) is 15.4. The van der Waals surface area contributed by atoms with E-state index in [9.17, 15) is 14.0 Å². The van der Waals surface area contributed by atoms with Gasteiger partial charge in [-0.2, -0.15) is 0 Å². The average Bonchev–Trinajstić information content (AvgIpc) is 2.92. The van der Waals surface area contributed by atoms with Crippen molar-refractivity contribution in [1.82, 2.24) is 0 Å². The van der Waals surface area contributed by atoms with Crippen LogP contribution in [-0.4, -0.2) is 30.8 Å². The Kier molecular flexibility index (Phi) is 11.9. The lowest BCUT2D eigenvalue weighted by Gasteiger charge is -2.29. The third kappa shape index (κ3) is 9.49. The minimum Gasteiger partial charge on any atom is -0.494 e. The zero-order chi connectivity index (χ0) is 26.5. The van der Waals surface area contributed by atoms with Crippen molar-refractivity contribution in [1.29, 1.82) is 0 Å². The highest BCUT2D eigenvalue weighted by Gasteiger charge is 2.27. The first kappa shape index (κ1) is 28.7. The molecule has 0 amide bonds. The molecule has 1 aliphatic carbocycles. The van der Waals surface area contributed by atoms with Crippen LogP contribution in [0.25, 0.3) is 0 Å². The monoisotopic (exact) mass is 512 g/mol. The van der Waals surface area contributed by atoms with Gasteiger partial charge in [-0.15, -0.1) is 0 Å². The van der Waals surface area contributed by atoms with Crippen LogP contribution in [0.4, 0.5) is 4.39 Å².